The van der Waals surface area contributed by atoms with Crippen LogP contribution in [0, 0.1) is 11.6 Å². The highest BCUT2D eigenvalue weighted by molar-refractivity contribution is 6.34. The summed E-state index contributed by atoms with van der Waals surface area (Å²) in [6.07, 6.45) is 2.17. The molecule has 98 valence electrons. The first-order valence-electron chi connectivity index (χ1n) is 5.00. The summed E-state index contributed by atoms with van der Waals surface area (Å²) in [6.45, 7) is 0. The minimum atomic E-state index is -1.21. The van der Waals surface area contributed by atoms with Gasteiger partial charge in [0.2, 0.25) is 0 Å². The van der Waals surface area contributed by atoms with E-state index in [1.54, 1.807) is 0 Å². The second kappa shape index (κ2) is 4.47. The van der Waals surface area contributed by atoms with Gasteiger partial charge in [0.1, 0.15) is 5.58 Å². The van der Waals surface area contributed by atoms with Crippen LogP contribution >= 0.6 is 12.4 Å². The molecule has 0 aliphatic carbocycles. The van der Waals surface area contributed by atoms with Crippen LogP contribution in [0.5, 0.6) is 0 Å². The highest BCUT2D eigenvalue weighted by Gasteiger charge is 2.29. The Morgan fingerprint density at radius 1 is 1.21 bits per heavy atom. The molecule has 0 saturated carbocycles. The largest absolute Gasteiger partial charge is 0.464 e. The molecule has 19 heavy (non-hydrogen) atoms. The molecule has 1 aliphatic rings. The van der Waals surface area contributed by atoms with Gasteiger partial charge in [-0.15, -0.1) is 12.4 Å². The molecule has 0 atom stereocenters. The van der Waals surface area contributed by atoms with Gasteiger partial charge < -0.3 is 4.42 Å². The Balaban J connectivity index is 0.00000133. The lowest BCUT2D eigenvalue weighted by Crippen LogP contribution is -2.22. The Kier molecular flexibility index (Phi) is 3.11. The van der Waals surface area contributed by atoms with Crippen LogP contribution in [0.3, 0.4) is 0 Å². The third-order valence-corrected chi connectivity index (χ3v) is 2.66. The fourth-order valence-corrected chi connectivity index (χ4v) is 1.89. The van der Waals surface area contributed by atoms with Crippen molar-refractivity contribution in [1.29, 1.82) is 0 Å². The summed E-state index contributed by atoms with van der Waals surface area (Å²) in [6, 6.07) is 2.41. The topological polar surface area (TPSA) is 59.3 Å². The molecule has 1 aromatic heterocycles. The summed E-state index contributed by atoms with van der Waals surface area (Å²) in [4.78, 5) is 22.5. The van der Waals surface area contributed by atoms with Crippen LogP contribution in [0.2, 0.25) is 0 Å². The molecule has 1 aromatic carbocycles. The molecule has 2 aromatic rings. The smallest absolute Gasteiger partial charge is 0.259 e. The molecule has 0 radical (unpaired) electrons. The van der Waals surface area contributed by atoms with Crippen molar-refractivity contribution in [2.45, 2.75) is 0 Å². The molecule has 0 spiro atoms. The van der Waals surface area contributed by atoms with Gasteiger partial charge in [-0.1, -0.05) is 0 Å². The Hall–Kier alpha value is -2.21. The number of amides is 2. The number of hydrogen-bond donors (Lipinski definition) is 1. The molecule has 4 nitrogen and oxygen atoms in total. The molecule has 0 saturated heterocycles. The molecule has 2 heterocycles. The number of carbonyl (C=O) groups is 2. The lowest BCUT2D eigenvalue weighted by molar-refractivity contribution is -0.123. The summed E-state index contributed by atoms with van der Waals surface area (Å²) in [5.74, 6) is -3.76. The van der Waals surface area contributed by atoms with Gasteiger partial charge in [0.05, 0.1) is 17.4 Å². The fourth-order valence-electron chi connectivity index (χ4n) is 1.89. The quantitative estimate of drug-likeness (QED) is 0.817. The van der Waals surface area contributed by atoms with Crippen molar-refractivity contribution in [1.82, 2.24) is 5.32 Å². The average Bonchev–Trinajstić information content (AvgIpc) is 2.87. The SMILES string of the molecule is Cl.O=C1C=C(c2c(F)c(F)cc3ccoc23)C(=O)N1. The molecule has 2 amide bonds. The zero-order valence-electron chi connectivity index (χ0n) is 9.20. The normalized spacial score (nSPS) is 14.3. The van der Waals surface area contributed by atoms with Crippen molar-refractivity contribution >= 4 is 40.8 Å². The number of nitrogens with one attached hydrogen (secondary N) is 1. The Bertz CT molecular complexity index is 736. The van der Waals surface area contributed by atoms with Crippen molar-refractivity contribution in [3.05, 3.63) is 41.7 Å². The molecular formula is C12H6ClF2NO3. The van der Waals surface area contributed by atoms with E-state index in [0.29, 0.717) is 5.39 Å². The summed E-state index contributed by atoms with van der Waals surface area (Å²) in [5.41, 5.74) is -0.541. The highest BCUT2D eigenvalue weighted by Crippen LogP contribution is 2.31. The van der Waals surface area contributed by atoms with Crippen LogP contribution in [0.25, 0.3) is 16.5 Å². The van der Waals surface area contributed by atoms with Crippen LogP contribution < -0.4 is 5.32 Å². The molecule has 7 heteroatoms. The number of benzene rings is 1. The molecule has 1 N–H and O–H groups in total. The van der Waals surface area contributed by atoms with Gasteiger partial charge in [-0.25, -0.2) is 8.78 Å². The fraction of sp³-hybridized carbons (Fsp3) is 0. The molecule has 0 unspecified atom stereocenters. The number of halogens is 3. The van der Waals surface area contributed by atoms with Gasteiger partial charge in [-0.3, -0.25) is 14.9 Å². The van der Waals surface area contributed by atoms with Gasteiger partial charge in [-0.2, -0.15) is 0 Å². The predicted octanol–water partition coefficient (Wildman–Crippen LogP) is 2.17. The first kappa shape index (κ1) is 13.2. The summed E-state index contributed by atoms with van der Waals surface area (Å²) < 4.78 is 32.2. The minimum Gasteiger partial charge on any atom is -0.464 e. The number of imide groups is 1. The Morgan fingerprint density at radius 3 is 2.58 bits per heavy atom. The van der Waals surface area contributed by atoms with Crippen molar-refractivity contribution in [3.8, 4) is 0 Å². The minimum absolute atomic E-state index is 0. The van der Waals surface area contributed by atoms with Crippen molar-refractivity contribution in [2.24, 2.45) is 0 Å². The van der Waals surface area contributed by atoms with Crippen LogP contribution in [-0.2, 0) is 9.59 Å². The van der Waals surface area contributed by atoms with Crippen LogP contribution in [0.15, 0.2) is 28.9 Å². The van der Waals surface area contributed by atoms with Crippen LogP contribution in [0.4, 0.5) is 8.78 Å². The van der Waals surface area contributed by atoms with E-state index in [9.17, 15) is 18.4 Å². The lowest BCUT2D eigenvalue weighted by atomic mass is 10.0. The Morgan fingerprint density at radius 2 is 1.95 bits per heavy atom. The third-order valence-electron chi connectivity index (χ3n) is 2.66. The molecule has 0 bridgehead atoms. The number of carbonyl (C=O) groups excluding carboxylic acids is 2. The van der Waals surface area contributed by atoms with Crippen molar-refractivity contribution in [2.75, 3.05) is 0 Å². The summed E-state index contributed by atoms with van der Waals surface area (Å²) >= 11 is 0. The average molecular weight is 286 g/mol. The molecule has 0 fully saturated rings. The van der Waals surface area contributed by atoms with Crippen LogP contribution in [0.1, 0.15) is 5.56 Å². The zero-order valence-corrected chi connectivity index (χ0v) is 10.0. The number of rotatable bonds is 1. The van der Waals surface area contributed by atoms with Gasteiger partial charge in [-0.05, 0) is 12.1 Å². The van der Waals surface area contributed by atoms with E-state index < -0.39 is 23.4 Å². The first-order valence-corrected chi connectivity index (χ1v) is 5.00. The monoisotopic (exact) mass is 285 g/mol. The second-order valence-electron chi connectivity index (χ2n) is 3.76. The maximum absolute atomic E-state index is 13.8. The van der Waals surface area contributed by atoms with Crippen LogP contribution in [-0.4, -0.2) is 11.8 Å². The lowest BCUT2D eigenvalue weighted by Gasteiger charge is -2.04. The molecule has 1 aliphatic heterocycles. The van der Waals surface area contributed by atoms with Gasteiger partial charge in [0.15, 0.2) is 11.6 Å². The first-order chi connectivity index (χ1) is 8.58. The predicted molar refractivity (Wildman–Crippen MR) is 64.5 cm³/mol. The van der Waals surface area contributed by atoms with E-state index in [-0.39, 0.29) is 29.1 Å². The molecule has 3 rings (SSSR count). The van der Waals surface area contributed by atoms with E-state index in [1.807, 2.05) is 5.32 Å². The summed E-state index contributed by atoms with van der Waals surface area (Å²) in [7, 11) is 0. The second-order valence-corrected chi connectivity index (χ2v) is 3.76. The van der Waals surface area contributed by atoms with E-state index in [1.165, 1.54) is 12.3 Å². The van der Waals surface area contributed by atoms with Gasteiger partial charge in [0.25, 0.3) is 11.8 Å². The maximum Gasteiger partial charge on any atom is 0.259 e. The van der Waals surface area contributed by atoms with E-state index in [2.05, 4.69) is 0 Å². The van der Waals surface area contributed by atoms with E-state index in [0.717, 1.165) is 12.1 Å². The van der Waals surface area contributed by atoms with Crippen molar-refractivity contribution < 1.29 is 22.8 Å². The van der Waals surface area contributed by atoms with Crippen molar-refractivity contribution in [3.63, 3.8) is 0 Å². The highest BCUT2D eigenvalue weighted by atomic mass is 35.5. The van der Waals surface area contributed by atoms with E-state index >= 15 is 0 Å². The van der Waals surface area contributed by atoms with Gasteiger partial charge in [0, 0.05) is 11.5 Å². The number of hydrogen-bond acceptors (Lipinski definition) is 3. The standard InChI is InChI=1S/C12H5F2NO3.ClH/c13-7-3-5-1-2-18-11(5)9(10(7)14)6-4-8(16)15-12(6)17;/h1-4H,(H,15,16,17);1H. The number of furan rings is 1. The zero-order chi connectivity index (χ0) is 12.9. The number of fused-ring (bicyclic) bond motifs is 1. The third kappa shape index (κ3) is 1.90. The maximum atomic E-state index is 13.8. The Labute approximate surface area is 111 Å². The molecular weight excluding hydrogens is 280 g/mol. The van der Waals surface area contributed by atoms with E-state index in [4.69, 9.17) is 4.42 Å². The summed E-state index contributed by atoms with van der Waals surface area (Å²) in [5, 5.41) is 2.28. The van der Waals surface area contributed by atoms with Gasteiger partial charge >= 0.3 is 0 Å².